The van der Waals surface area contributed by atoms with E-state index in [-0.39, 0.29) is 0 Å². The van der Waals surface area contributed by atoms with E-state index < -0.39 is 0 Å². The SMILES string of the molecule is Cc1ccc(N=C2SCS2)c(Br)c1. The van der Waals surface area contributed by atoms with E-state index in [1.54, 1.807) is 23.5 Å². The third-order valence-electron chi connectivity index (χ3n) is 1.68. The second kappa shape index (κ2) is 4.07. The number of thioether (sulfide) groups is 2. The first-order valence-corrected chi connectivity index (χ1v) is 6.62. The van der Waals surface area contributed by atoms with Crippen LogP contribution in [0.25, 0.3) is 0 Å². The molecule has 0 N–H and O–H groups in total. The van der Waals surface area contributed by atoms with Crippen LogP contribution >= 0.6 is 39.5 Å². The summed E-state index contributed by atoms with van der Waals surface area (Å²) in [6.07, 6.45) is 0. The minimum absolute atomic E-state index is 1.03. The van der Waals surface area contributed by atoms with Crippen LogP contribution in [0, 0.1) is 6.92 Å². The summed E-state index contributed by atoms with van der Waals surface area (Å²) in [5, 5.41) is 1.14. The van der Waals surface area contributed by atoms with Gasteiger partial charge in [0.2, 0.25) is 0 Å². The van der Waals surface area contributed by atoms with E-state index in [2.05, 4.69) is 40.0 Å². The van der Waals surface area contributed by atoms with Crippen molar-refractivity contribution in [2.24, 2.45) is 4.99 Å². The van der Waals surface area contributed by atoms with Gasteiger partial charge in [0.15, 0.2) is 0 Å². The van der Waals surface area contributed by atoms with Gasteiger partial charge in [0, 0.05) is 4.47 Å². The predicted molar refractivity (Wildman–Crippen MR) is 66.0 cm³/mol. The number of hydrogen-bond acceptors (Lipinski definition) is 3. The molecule has 1 nitrogen and oxygen atoms in total. The van der Waals surface area contributed by atoms with E-state index in [9.17, 15) is 0 Å². The smallest absolute Gasteiger partial charge is 0.132 e. The molecule has 0 radical (unpaired) electrons. The fraction of sp³-hybridized carbons (Fsp3) is 0.222. The second-order valence-electron chi connectivity index (χ2n) is 2.74. The zero-order chi connectivity index (χ0) is 9.26. The van der Waals surface area contributed by atoms with E-state index in [0.717, 1.165) is 15.2 Å². The van der Waals surface area contributed by atoms with Crippen molar-refractivity contribution in [2.75, 3.05) is 5.08 Å². The van der Waals surface area contributed by atoms with Gasteiger partial charge in [-0.1, -0.05) is 29.6 Å². The Balaban J connectivity index is 2.29. The molecule has 4 heteroatoms. The molecule has 68 valence electrons. The molecule has 1 aliphatic heterocycles. The van der Waals surface area contributed by atoms with Crippen LogP contribution in [0.2, 0.25) is 0 Å². The van der Waals surface area contributed by atoms with Gasteiger partial charge in [-0.25, -0.2) is 4.99 Å². The van der Waals surface area contributed by atoms with E-state index >= 15 is 0 Å². The van der Waals surface area contributed by atoms with Crippen molar-refractivity contribution in [3.63, 3.8) is 0 Å². The molecule has 0 saturated carbocycles. The van der Waals surface area contributed by atoms with Crippen LogP contribution in [0.3, 0.4) is 0 Å². The molecule has 0 atom stereocenters. The van der Waals surface area contributed by atoms with Gasteiger partial charge in [0.25, 0.3) is 0 Å². The van der Waals surface area contributed by atoms with Crippen LogP contribution in [0.4, 0.5) is 5.69 Å². The highest BCUT2D eigenvalue weighted by molar-refractivity contribution is 9.10. The van der Waals surface area contributed by atoms with Crippen molar-refractivity contribution in [3.8, 4) is 0 Å². The van der Waals surface area contributed by atoms with Crippen molar-refractivity contribution in [3.05, 3.63) is 28.2 Å². The van der Waals surface area contributed by atoms with E-state index in [0.29, 0.717) is 0 Å². The maximum Gasteiger partial charge on any atom is 0.132 e. The lowest BCUT2D eigenvalue weighted by atomic mass is 10.2. The molecule has 0 unspecified atom stereocenters. The van der Waals surface area contributed by atoms with Crippen LogP contribution in [-0.2, 0) is 0 Å². The number of rotatable bonds is 1. The summed E-state index contributed by atoms with van der Waals surface area (Å²) < 4.78 is 2.25. The molecular formula is C9H8BrNS2. The molecule has 13 heavy (non-hydrogen) atoms. The summed E-state index contributed by atoms with van der Waals surface area (Å²) >= 11 is 7.11. The molecule has 1 aromatic rings. The quantitative estimate of drug-likeness (QED) is 0.761. The normalized spacial score (nSPS) is 15.4. The molecule has 1 fully saturated rings. The van der Waals surface area contributed by atoms with E-state index in [4.69, 9.17) is 0 Å². The Labute approximate surface area is 94.5 Å². The summed E-state index contributed by atoms with van der Waals surface area (Å²) in [5.74, 6) is 0. The highest BCUT2D eigenvalue weighted by Crippen LogP contribution is 2.36. The molecule has 1 aliphatic rings. The topological polar surface area (TPSA) is 12.4 Å². The predicted octanol–water partition coefficient (Wildman–Crippen LogP) is 4.18. The monoisotopic (exact) mass is 273 g/mol. The molecule has 2 rings (SSSR count). The summed E-state index contributed by atoms with van der Waals surface area (Å²) in [4.78, 5) is 4.50. The van der Waals surface area contributed by atoms with Gasteiger partial charge in [-0.15, -0.1) is 0 Å². The van der Waals surface area contributed by atoms with Crippen molar-refractivity contribution in [1.82, 2.24) is 0 Å². The number of benzene rings is 1. The first-order chi connectivity index (χ1) is 6.25. The maximum absolute atomic E-state index is 4.50. The number of halogens is 1. The van der Waals surface area contributed by atoms with Crippen LogP contribution in [0.1, 0.15) is 5.56 Å². The Morgan fingerprint density at radius 1 is 1.38 bits per heavy atom. The van der Waals surface area contributed by atoms with Crippen LogP contribution in [0.15, 0.2) is 27.7 Å². The van der Waals surface area contributed by atoms with Gasteiger partial charge in [-0.05, 0) is 40.5 Å². The lowest BCUT2D eigenvalue weighted by molar-refractivity contribution is 1.42. The molecular weight excluding hydrogens is 266 g/mol. The Bertz CT molecular complexity index is 357. The molecule has 1 heterocycles. The fourth-order valence-electron chi connectivity index (χ4n) is 0.977. The lowest BCUT2D eigenvalue weighted by Gasteiger charge is -2.12. The first kappa shape index (κ1) is 9.62. The lowest BCUT2D eigenvalue weighted by Crippen LogP contribution is -1.97. The minimum Gasteiger partial charge on any atom is -0.234 e. The van der Waals surface area contributed by atoms with Crippen molar-refractivity contribution in [2.45, 2.75) is 6.92 Å². The van der Waals surface area contributed by atoms with Gasteiger partial charge in [0.1, 0.15) is 4.38 Å². The van der Waals surface area contributed by atoms with Gasteiger partial charge in [-0.2, -0.15) is 0 Å². The highest BCUT2D eigenvalue weighted by atomic mass is 79.9. The van der Waals surface area contributed by atoms with Gasteiger partial charge >= 0.3 is 0 Å². The van der Waals surface area contributed by atoms with Gasteiger partial charge in [-0.3, -0.25) is 0 Å². The third-order valence-corrected chi connectivity index (χ3v) is 4.64. The third kappa shape index (κ3) is 2.30. The number of hydrogen-bond donors (Lipinski definition) is 0. The first-order valence-electron chi connectivity index (χ1n) is 3.86. The van der Waals surface area contributed by atoms with E-state index in [1.807, 2.05) is 6.07 Å². The average Bonchev–Trinajstić information content (AvgIpc) is 1.99. The van der Waals surface area contributed by atoms with Gasteiger partial charge < -0.3 is 0 Å². The zero-order valence-electron chi connectivity index (χ0n) is 7.08. The summed E-state index contributed by atoms with van der Waals surface area (Å²) in [6, 6.07) is 6.22. The van der Waals surface area contributed by atoms with Crippen molar-refractivity contribution in [1.29, 1.82) is 0 Å². The number of nitrogens with zero attached hydrogens (tertiary/aromatic N) is 1. The molecule has 0 bridgehead atoms. The van der Waals surface area contributed by atoms with Crippen LogP contribution in [0.5, 0.6) is 0 Å². The standard InChI is InChI=1S/C9H8BrNS2/c1-6-2-3-8(7(10)4-6)11-9-12-5-13-9/h2-4H,5H2,1H3. The Hall–Kier alpha value is 0.0700. The highest BCUT2D eigenvalue weighted by Gasteiger charge is 2.12. The summed E-state index contributed by atoms with van der Waals surface area (Å²) in [6.45, 7) is 2.08. The summed E-state index contributed by atoms with van der Waals surface area (Å²) in [7, 11) is 0. The minimum atomic E-state index is 1.03. The van der Waals surface area contributed by atoms with Gasteiger partial charge in [0.05, 0.1) is 10.8 Å². The largest absolute Gasteiger partial charge is 0.234 e. The second-order valence-corrected chi connectivity index (χ2v) is 6.15. The fourth-order valence-corrected chi connectivity index (χ4v) is 2.78. The van der Waals surface area contributed by atoms with Crippen molar-refractivity contribution >= 4 is 49.5 Å². The molecule has 0 aromatic heterocycles. The number of aliphatic imine (C=N–C) groups is 1. The molecule has 0 aliphatic carbocycles. The number of aryl methyl sites for hydroxylation is 1. The van der Waals surface area contributed by atoms with Crippen molar-refractivity contribution < 1.29 is 0 Å². The molecule has 0 spiro atoms. The zero-order valence-corrected chi connectivity index (χ0v) is 10.3. The van der Waals surface area contributed by atoms with Crippen LogP contribution < -0.4 is 0 Å². The van der Waals surface area contributed by atoms with Crippen LogP contribution in [-0.4, -0.2) is 9.46 Å². The molecule has 0 amide bonds. The molecule has 1 saturated heterocycles. The summed E-state index contributed by atoms with van der Waals surface area (Å²) in [5.41, 5.74) is 2.28. The maximum atomic E-state index is 4.50. The molecule has 1 aromatic carbocycles. The van der Waals surface area contributed by atoms with E-state index in [1.165, 1.54) is 9.94 Å². The Morgan fingerprint density at radius 3 is 2.69 bits per heavy atom. The Morgan fingerprint density at radius 2 is 2.15 bits per heavy atom. The average molecular weight is 274 g/mol. The Kier molecular flexibility index (Phi) is 3.01.